The predicted molar refractivity (Wildman–Crippen MR) is 69.7 cm³/mol. The van der Waals surface area contributed by atoms with Crippen molar-refractivity contribution >= 4 is 5.97 Å². The maximum atomic E-state index is 11.4. The van der Waals surface area contributed by atoms with Gasteiger partial charge in [-0.1, -0.05) is 44.2 Å². The third-order valence-electron chi connectivity index (χ3n) is 2.90. The molecule has 0 aliphatic rings. The fourth-order valence-electron chi connectivity index (χ4n) is 2.07. The van der Waals surface area contributed by atoms with Gasteiger partial charge in [-0.15, -0.1) is 0 Å². The lowest BCUT2D eigenvalue weighted by molar-refractivity contribution is 0.0687. The topological polar surface area (TPSA) is 55.1 Å². The molecule has 94 valence electrons. The number of imidazole rings is 1. The van der Waals surface area contributed by atoms with Crippen LogP contribution < -0.4 is 0 Å². The number of nitrogens with zero attached hydrogens (tertiary/aromatic N) is 2. The number of carbonyl (C=O) groups is 1. The van der Waals surface area contributed by atoms with Crippen LogP contribution in [0.3, 0.4) is 0 Å². The van der Waals surface area contributed by atoms with E-state index in [0.29, 0.717) is 5.69 Å². The molecule has 4 nitrogen and oxygen atoms in total. The first-order valence-electron chi connectivity index (χ1n) is 5.87. The Balaban J connectivity index is 2.67. The second kappa shape index (κ2) is 4.64. The van der Waals surface area contributed by atoms with Gasteiger partial charge in [0.1, 0.15) is 11.5 Å². The highest BCUT2D eigenvalue weighted by Crippen LogP contribution is 2.26. The van der Waals surface area contributed by atoms with Gasteiger partial charge in [0, 0.05) is 18.5 Å². The van der Waals surface area contributed by atoms with Crippen LogP contribution in [0.5, 0.6) is 0 Å². The highest BCUT2D eigenvalue weighted by atomic mass is 16.4. The van der Waals surface area contributed by atoms with Gasteiger partial charge < -0.3 is 9.67 Å². The van der Waals surface area contributed by atoms with Crippen LogP contribution in [-0.4, -0.2) is 20.6 Å². The zero-order valence-electron chi connectivity index (χ0n) is 10.7. The number of benzene rings is 1. The molecule has 1 N–H and O–H groups in total. The molecule has 2 rings (SSSR count). The molecule has 1 heterocycles. The first-order chi connectivity index (χ1) is 8.52. The summed E-state index contributed by atoms with van der Waals surface area (Å²) in [4.78, 5) is 15.9. The summed E-state index contributed by atoms with van der Waals surface area (Å²) in [7, 11) is 1.75. The van der Waals surface area contributed by atoms with E-state index in [4.69, 9.17) is 0 Å². The van der Waals surface area contributed by atoms with Gasteiger partial charge in [-0.2, -0.15) is 0 Å². The number of aromatic carboxylic acids is 1. The number of hydrogen-bond acceptors (Lipinski definition) is 2. The van der Waals surface area contributed by atoms with Crippen LogP contribution in [0.25, 0.3) is 11.3 Å². The molecule has 0 bridgehead atoms. The van der Waals surface area contributed by atoms with Gasteiger partial charge in [0.05, 0.1) is 0 Å². The van der Waals surface area contributed by atoms with E-state index < -0.39 is 5.97 Å². The number of carboxylic acids is 1. The molecule has 0 saturated carbocycles. The van der Waals surface area contributed by atoms with Gasteiger partial charge in [-0.05, 0) is 0 Å². The van der Waals surface area contributed by atoms with E-state index in [-0.39, 0.29) is 11.6 Å². The summed E-state index contributed by atoms with van der Waals surface area (Å²) >= 11 is 0. The molecule has 1 aromatic carbocycles. The average molecular weight is 244 g/mol. The Kier molecular flexibility index (Phi) is 3.19. The molecule has 0 aliphatic heterocycles. The predicted octanol–water partition coefficient (Wildman–Crippen LogP) is 2.91. The number of hydrogen-bond donors (Lipinski definition) is 1. The lowest BCUT2D eigenvalue weighted by Gasteiger charge is -2.05. The smallest absolute Gasteiger partial charge is 0.354 e. The molecule has 0 radical (unpaired) electrons. The summed E-state index contributed by atoms with van der Waals surface area (Å²) in [5, 5.41) is 9.34. The van der Waals surface area contributed by atoms with Crippen molar-refractivity contribution in [2.75, 3.05) is 0 Å². The molecule has 1 aromatic heterocycles. The molecule has 0 saturated heterocycles. The summed E-state index contributed by atoms with van der Waals surface area (Å²) in [6.07, 6.45) is 0. The Morgan fingerprint density at radius 1 is 1.28 bits per heavy atom. The Bertz CT molecular complexity index is 571. The van der Waals surface area contributed by atoms with Crippen LogP contribution in [0.4, 0.5) is 0 Å². The van der Waals surface area contributed by atoms with Crippen LogP contribution in [0.2, 0.25) is 0 Å². The molecule has 0 aliphatic carbocycles. The molecule has 0 unspecified atom stereocenters. The van der Waals surface area contributed by atoms with Crippen molar-refractivity contribution in [3.63, 3.8) is 0 Å². The largest absolute Gasteiger partial charge is 0.477 e. The molecular formula is C14H16N2O2. The summed E-state index contributed by atoms with van der Waals surface area (Å²) in [6, 6.07) is 9.41. The zero-order valence-corrected chi connectivity index (χ0v) is 10.7. The second-order valence-corrected chi connectivity index (χ2v) is 4.55. The summed E-state index contributed by atoms with van der Waals surface area (Å²) in [5.74, 6) is 0.0209. The number of aromatic nitrogens is 2. The van der Waals surface area contributed by atoms with Crippen molar-refractivity contribution in [2.45, 2.75) is 19.8 Å². The molecule has 2 aromatic rings. The molecule has 4 heteroatoms. The van der Waals surface area contributed by atoms with Crippen molar-refractivity contribution in [1.82, 2.24) is 9.55 Å². The molecule has 0 amide bonds. The van der Waals surface area contributed by atoms with Gasteiger partial charge >= 0.3 is 5.97 Å². The normalized spacial score (nSPS) is 10.9. The van der Waals surface area contributed by atoms with Gasteiger partial charge in [0.25, 0.3) is 0 Å². The highest BCUT2D eigenvalue weighted by molar-refractivity contribution is 5.93. The van der Waals surface area contributed by atoms with Gasteiger partial charge in [-0.3, -0.25) is 0 Å². The molecule has 18 heavy (non-hydrogen) atoms. The first-order valence-corrected chi connectivity index (χ1v) is 5.87. The summed E-state index contributed by atoms with van der Waals surface area (Å²) in [5.41, 5.74) is 1.61. The maximum Gasteiger partial charge on any atom is 0.354 e. The van der Waals surface area contributed by atoms with Crippen LogP contribution in [0, 0.1) is 0 Å². The van der Waals surface area contributed by atoms with Crippen molar-refractivity contribution in [2.24, 2.45) is 7.05 Å². The van der Waals surface area contributed by atoms with Crippen LogP contribution in [0.1, 0.15) is 36.1 Å². The molecule has 0 spiro atoms. The minimum atomic E-state index is -0.948. The lowest BCUT2D eigenvalue weighted by Crippen LogP contribution is -2.08. The minimum Gasteiger partial charge on any atom is -0.477 e. The minimum absolute atomic E-state index is 0.186. The van der Waals surface area contributed by atoms with E-state index >= 15 is 0 Å². The number of rotatable bonds is 3. The SMILES string of the molecule is CC(C)c1nc(-c2ccccc2)c(C(=O)O)n1C. The van der Waals surface area contributed by atoms with E-state index in [1.807, 2.05) is 44.2 Å². The zero-order chi connectivity index (χ0) is 13.3. The lowest BCUT2D eigenvalue weighted by atomic mass is 10.1. The fraction of sp³-hybridized carbons (Fsp3) is 0.286. The Hall–Kier alpha value is -2.10. The quantitative estimate of drug-likeness (QED) is 0.903. The average Bonchev–Trinajstić information content (AvgIpc) is 2.68. The molecule has 0 fully saturated rings. The monoisotopic (exact) mass is 244 g/mol. The van der Waals surface area contributed by atoms with Gasteiger partial charge in [0.15, 0.2) is 5.69 Å². The van der Waals surface area contributed by atoms with E-state index in [0.717, 1.165) is 11.4 Å². The van der Waals surface area contributed by atoms with E-state index in [9.17, 15) is 9.90 Å². The summed E-state index contributed by atoms with van der Waals surface area (Å²) < 4.78 is 1.66. The molecular weight excluding hydrogens is 228 g/mol. The van der Waals surface area contributed by atoms with E-state index in [2.05, 4.69) is 4.98 Å². The van der Waals surface area contributed by atoms with Crippen LogP contribution >= 0.6 is 0 Å². The second-order valence-electron chi connectivity index (χ2n) is 4.55. The third-order valence-corrected chi connectivity index (χ3v) is 2.90. The first kappa shape index (κ1) is 12.4. The van der Waals surface area contributed by atoms with Crippen molar-refractivity contribution in [3.05, 3.63) is 41.9 Å². The van der Waals surface area contributed by atoms with Gasteiger partial charge in [-0.25, -0.2) is 9.78 Å². The highest BCUT2D eigenvalue weighted by Gasteiger charge is 2.22. The standard InChI is InChI=1S/C14H16N2O2/c1-9(2)13-15-11(10-7-5-4-6-8-10)12(14(17)18)16(13)3/h4-9H,1-3H3,(H,17,18). The van der Waals surface area contributed by atoms with Crippen LogP contribution in [0.15, 0.2) is 30.3 Å². The van der Waals surface area contributed by atoms with Crippen molar-refractivity contribution < 1.29 is 9.90 Å². The van der Waals surface area contributed by atoms with Crippen LogP contribution in [-0.2, 0) is 7.05 Å². The molecule has 0 atom stereocenters. The summed E-state index contributed by atoms with van der Waals surface area (Å²) in [6.45, 7) is 4.01. The Morgan fingerprint density at radius 3 is 2.39 bits per heavy atom. The number of carboxylic acid groups (broad SMARTS) is 1. The van der Waals surface area contributed by atoms with E-state index in [1.54, 1.807) is 11.6 Å². The van der Waals surface area contributed by atoms with E-state index in [1.165, 1.54) is 0 Å². The maximum absolute atomic E-state index is 11.4. The Morgan fingerprint density at radius 2 is 1.89 bits per heavy atom. The third kappa shape index (κ3) is 2.01. The van der Waals surface area contributed by atoms with Crippen molar-refractivity contribution in [1.29, 1.82) is 0 Å². The fourth-order valence-corrected chi connectivity index (χ4v) is 2.07. The Labute approximate surface area is 106 Å². The van der Waals surface area contributed by atoms with Gasteiger partial charge in [0.2, 0.25) is 0 Å². The van der Waals surface area contributed by atoms with Crippen molar-refractivity contribution in [3.8, 4) is 11.3 Å².